The molecule has 0 aromatic heterocycles. The fourth-order valence-electron chi connectivity index (χ4n) is 0. The van der Waals surface area contributed by atoms with Crippen molar-refractivity contribution in [2.24, 2.45) is 0 Å². The van der Waals surface area contributed by atoms with E-state index in [1.165, 1.54) is 0 Å². The fourth-order valence-corrected chi connectivity index (χ4v) is 0. The molecule has 0 rings (SSSR count). The standard InChI is InChI=1S/Fe.K.Mn.O.H. The predicted octanol–water partition coefficient (Wildman–Crippen LogP) is -0.772. The van der Waals surface area contributed by atoms with Crippen molar-refractivity contribution in [2.75, 3.05) is 0 Å². The van der Waals surface area contributed by atoms with Gasteiger partial charge in [-0.2, -0.15) is 0 Å². The summed E-state index contributed by atoms with van der Waals surface area (Å²) < 4.78 is 8.06. The molecule has 23 valence electrons. The number of rotatable bonds is 0. The summed E-state index contributed by atoms with van der Waals surface area (Å²) >= 11 is 1.69. The summed E-state index contributed by atoms with van der Waals surface area (Å²) in [6.07, 6.45) is 0. The molecule has 0 bridgehead atoms. The molecule has 0 aromatic rings. The van der Waals surface area contributed by atoms with Crippen molar-refractivity contribution >= 4 is 51.4 Å². The fraction of sp³-hybridized carbons (Fsp3) is 0. The molecule has 4 heavy (non-hydrogen) atoms. The van der Waals surface area contributed by atoms with Gasteiger partial charge in [-0.1, -0.05) is 0 Å². The first-order valence-electron chi connectivity index (χ1n) is 0.154. The molecule has 0 aromatic carbocycles. The van der Waals surface area contributed by atoms with E-state index in [-0.39, 0.29) is 68.5 Å². The van der Waals surface area contributed by atoms with Crippen LogP contribution in [-0.2, 0) is 36.8 Å². The van der Waals surface area contributed by atoms with E-state index in [1.807, 2.05) is 0 Å². The Labute approximate surface area is 86.2 Å². The molecule has 0 atom stereocenters. The molecule has 0 aliphatic heterocycles. The van der Waals surface area contributed by atoms with Crippen LogP contribution in [-0.4, -0.2) is 51.4 Å². The van der Waals surface area contributed by atoms with Crippen molar-refractivity contribution in [2.45, 2.75) is 0 Å². The van der Waals surface area contributed by atoms with Gasteiger partial charge in [0.1, 0.15) is 0 Å². The zero-order chi connectivity index (χ0) is 2.00. The number of hydrogen-bond acceptors (Lipinski definition) is 1. The van der Waals surface area contributed by atoms with Gasteiger partial charge < -0.3 is 0 Å². The Balaban J connectivity index is -0.00000000500. The van der Waals surface area contributed by atoms with Gasteiger partial charge in [-0.05, 0) is 0 Å². The number of hydrogen-bond donors (Lipinski definition) is 0. The van der Waals surface area contributed by atoms with Gasteiger partial charge in [0.15, 0.2) is 0 Å². The monoisotopic (exact) mass is 167 g/mol. The first kappa shape index (κ1) is 16.1. The molecule has 0 N–H and O–H groups in total. The zero-order valence-electron chi connectivity index (χ0n) is 1.14. The van der Waals surface area contributed by atoms with Crippen LogP contribution in [0.15, 0.2) is 0 Å². The van der Waals surface area contributed by atoms with Crippen LogP contribution in [0.25, 0.3) is 0 Å². The maximum atomic E-state index is 8.06. The zero-order valence-corrected chi connectivity index (χ0v) is 3.42. The summed E-state index contributed by atoms with van der Waals surface area (Å²) in [5.41, 5.74) is 0. The molecule has 0 spiro atoms. The van der Waals surface area contributed by atoms with Gasteiger partial charge in [0, 0.05) is 17.1 Å². The molecule has 0 amide bonds. The van der Waals surface area contributed by atoms with Crippen molar-refractivity contribution in [3.05, 3.63) is 0 Å². The average molecular weight is 167 g/mol. The Bertz CT molecular complexity index is 8.00. The van der Waals surface area contributed by atoms with E-state index in [1.54, 1.807) is 15.9 Å². The third-order valence-electron chi connectivity index (χ3n) is 0. The molecule has 0 unspecified atom stereocenters. The van der Waals surface area contributed by atoms with Gasteiger partial charge in [0.05, 0.1) is 0 Å². The predicted molar refractivity (Wildman–Crippen MR) is 7.84 cm³/mol. The van der Waals surface area contributed by atoms with Gasteiger partial charge in [-0.15, -0.1) is 0 Å². The van der Waals surface area contributed by atoms with Gasteiger partial charge in [0.25, 0.3) is 0 Å². The Morgan fingerprint density at radius 2 is 1.25 bits per heavy atom. The van der Waals surface area contributed by atoms with Crippen LogP contribution >= 0.6 is 0 Å². The van der Waals surface area contributed by atoms with Crippen LogP contribution in [0.1, 0.15) is 0 Å². The molecular weight excluding hydrogens is 166 g/mol. The van der Waals surface area contributed by atoms with Crippen molar-refractivity contribution in [3.63, 3.8) is 0 Å². The van der Waals surface area contributed by atoms with Gasteiger partial charge >= 0.3 is 71.2 Å². The molecule has 1 nitrogen and oxygen atoms in total. The topological polar surface area (TPSA) is 17.1 Å². The van der Waals surface area contributed by atoms with E-state index in [0.29, 0.717) is 0 Å². The van der Waals surface area contributed by atoms with Gasteiger partial charge in [0.2, 0.25) is 0 Å². The molecule has 0 radical (unpaired) electrons. The summed E-state index contributed by atoms with van der Waals surface area (Å²) in [5.74, 6) is 0. The normalized spacial score (nSPS) is 1.00. The molecule has 0 aliphatic rings. The van der Waals surface area contributed by atoms with E-state index in [9.17, 15) is 0 Å². The van der Waals surface area contributed by atoms with E-state index < -0.39 is 0 Å². The third kappa shape index (κ3) is 8.82. The summed E-state index contributed by atoms with van der Waals surface area (Å²) in [5, 5.41) is 0. The second-order valence-electron chi connectivity index (χ2n) is 0. The molecular formula is HFeKMnO. The minimum atomic E-state index is 0. The molecule has 4 heteroatoms. The Hall–Kier alpha value is 2.48. The summed E-state index contributed by atoms with van der Waals surface area (Å²) in [6, 6.07) is 0. The second-order valence-corrected chi connectivity index (χ2v) is 0. The van der Waals surface area contributed by atoms with E-state index in [4.69, 9.17) is 3.83 Å². The molecule has 0 saturated heterocycles. The van der Waals surface area contributed by atoms with Gasteiger partial charge in [-0.25, -0.2) is 0 Å². The van der Waals surface area contributed by atoms with Crippen molar-refractivity contribution in [1.29, 1.82) is 0 Å². The molecule has 0 saturated carbocycles. The Morgan fingerprint density at radius 1 is 1.25 bits per heavy atom. The van der Waals surface area contributed by atoms with Crippen molar-refractivity contribution < 1.29 is 36.8 Å². The van der Waals surface area contributed by atoms with Crippen molar-refractivity contribution in [3.8, 4) is 0 Å². The van der Waals surface area contributed by atoms with Crippen LogP contribution in [0.2, 0.25) is 0 Å². The Morgan fingerprint density at radius 3 is 1.25 bits per heavy atom. The van der Waals surface area contributed by atoms with E-state index in [0.717, 1.165) is 0 Å². The van der Waals surface area contributed by atoms with E-state index in [2.05, 4.69) is 0 Å². The first-order chi connectivity index (χ1) is 1.00. The third-order valence-corrected chi connectivity index (χ3v) is 0. The summed E-state index contributed by atoms with van der Waals surface area (Å²) in [6.45, 7) is 0. The molecule has 0 fully saturated rings. The van der Waals surface area contributed by atoms with Gasteiger partial charge in [-0.3, -0.25) is 0 Å². The maximum absolute atomic E-state index is 8.06. The Kier molecular flexibility index (Phi) is 71.9. The van der Waals surface area contributed by atoms with Crippen LogP contribution in [0, 0.1) is 0 Å². The van der Waals surface area contributed by atoms with Crippen molar-refractivity contribution in [1.82, 2.24) is 0 Å². The van der Waals surface area contributed by atoms with Crippen LogP contribution in [0.4, 0.5) is 0 Å². The quantitative estimate of drug-likeness (QED) is 0.433. The summed E-state index contributed by atoms with van der Waals surface area (Å²) in [7, 11) is 0. The molecule has 0 aliphatic carbocycles. The first-order valence-corrected chi connectivity index (χ1v) is 0.636. The molecule has 0 heterocycles. The minimum absolute atomic E-state index is 0. The van der Waals surface area contributed by atoms with Crippen LogP contribution in [0.5, 0.6) is 0 Å². The SMILES string of the molecule is [Fe].[KH].[O]=[Mn]. The summed E-state index contributed by atoms with van der Waals surface area (Å²) in [4.78, 5) is 0. The van der Waals surface area contributed by atoms with Crippen LogP contribution in [0.3, 0.4) is 0 Å². The van der Waals surface area contributed by atoms with Crippen LogP contribution < -0.4 is 0 Å². The van der Waals surface area contributed by atoms with E-state index >= 15 is 0 Å². The average Bonchev–Trinajstić information content (AvgIpc) is 1.00. The second kappa shape index (κ2) is 17.9.